The van der Waals surface area contributed by atoms with E-state index in [2.05, 4.69) is 62.5 Å². The van der Waals surface area contributed by atoms with Crippen molar-refractivity contribution in [2.45, 2.75) is 67.0 Å². The molecule has 158 valence electrons. The van der Waals surface area contributed by atoms with Crippen LogP contribution in [0.1, 0.15) is 51.4 Å². The van der Waals surface area contributed by atoms with Gasteiger partial charge in [-0.3, -0.25) is 4.79 Å². The summed E-state index contributed by atoms with van der Waals surface area (Å²) in [5.74, 6) is 0.242. The van der Waals surface area contributed by atoms with E-state index in [4.69, 9.17) is 9.97 Å². The second-order valence-corrected chi connectivity index (χ2v) is 9.54. The van der Waals surface area contributed by atoms with Crippen LogP contribution >= 0.6 is 0 Å². The van der Waals surface area contributed by atoms with E-state index < -0.39 is 0 Å². The van der Waals surface area contributed by atoms with Crippen LogP contribution in [0, 0.1) is 19.3 Å². The summed E-state index contributed by atoms with van der Waals surface area (Å²) in [6.07, 6.45) is 0.677. The number of aryl methyl sites for hydroxylation is 2. The normalized spacial score (nSPS) is 13.1. The van der Waals surface area contributed by atoms with Crippen molar-refractivity contribution < 1.29 is 4.79 Å². The van der Waals surface area contributed by atoms with E-state index in [1.54, 1.807) is 0 Å². The molecule has 4 nitrogen and oxygen atoms in total. The van der Waals surface area contributed by atoms with E-state index in [0.717, 1.165) is 33.5 Å². The molecule has 0 amide bonds. The van der Waals surface area contributed by atoms with Crippen molar-refractivity contribution in [3.05, 3.63) is 59.3 Å². The Bertz CT molecular complexity index is 1050. The van der Waals surface area contributed by atoms with Crippen LogP contribution in [0.2, 0.25) is 0 Å². The number of ketones is 1. The summed E-state index contributed by atoms with van der Waals surface area (Å²) in [6, 6.07) is 14.6. The first-order valence-corrected chi connectivity index (χ1v) is 10.7. The highest BCUT2D eigenvalue weighted by atomic mass is 16.1. The maximum absolute atomic E-state index is 12.9. The Hall–Kier alpha value is -2.59. The van der Waals surface area contributed by atoms with E-state index in [9.17, 15) is 4.79 Å². The minimum atomic E-state index is -0.372. The Kier molecular flexibility index (Phi) is 6.37. The zero-order valence-corrected chi connectivity index (χ0v) is 19.2. The Labute approximate surface area is 180 Å². The fraction of sp³-hybridized carbons (Fsp3) is 0.423. The van der Waals surface area contributed by atoms with E-state index >= 15 is 0 Å². The number of hydrogen-bond donors (Lipinski definition) is 1. The van der Waals surface area contributed by atoms with Gasteiger partial charge in [0.25, 0.3) is 0 Å². The highest BCUT2D eigenvalue weighted by molar-refractivity contribution is 5.89. The van der Waals surface area contributed by atoms with Gasteiger partial charge in [0.1, 0.15) is 0 Å². The third-order valence-corrected chi connectivity index (χ3v) is 5.25. The molecule has 30 heavy (non-hydrogen) atoms. The monoisotopic (exact) mass is 403 g/mol. The molecule has 2 aromatic carbocycles. The number of carbonyl (C=O) groups excluding carboxylic acids is 1. The van der Waals surface area contributed by atoms with Crippen molar-refractivity contribution in [2.75, 3.05) is 0 Å². The van der Waals surface area contributed by atoms with Gasteiger partial charge in [0.15, 0.2) is 5.78 Å². The van der Waals surface area contributed by atoms with Gasteiger partial charge in [0.05, 0.1) is 28.5 Å². The van der Waals surface area contributed by atoms with Crippen molar-refractivity contribution in [1.82, 2.24) is 15.3 Å². The van der Waals surface area contributed by atoms with Crippen LogP contribution in [-0.2, 0) is 11.2 Å². The summed E-state index contributed by atoms with van der Waals surface area (Å²) < 4.78 is 0. The number of rotatable bonds is 6. The number of nitrogens with zero attached hydrogens (tertiary/aromatic N) is 2. The van der Waals surface area contributed by atoms with Crippen LogP contribution in [0.3, 0.4) is 0 Å². The molecule has 1 aromatic heterocycles. The number of fused-ring (bicyclic) bond motifs is 1. The first-order chi connectivity index (χ1) is 14.0. The number of carbonyl (C=O) groups is 1. The van der Waals surface area contributed by atoms with Crippen LogP contribution in [0.15, 0.2) is 42.5 Å². The van der Waals surface area contributed by atoms with Gasteiger partial charge in [0.2, 0.25) is 0 Å². The number of benzene rings is 2. The molecule has 0 saturated heterocycles. The minimum absolute atomic E-state index is 0.193. The lowest BCUT2D eigenvalue weighted by Gasteiger charge is -2.27. The van der Waals surface area contributed by atoms with Crippen LogP contribution in [0.25, 0.3) is 22.3 Å². The molecule has 0 aliphatic rings. The second-order valence-electron chi connectivity index (χ2n) is 9.54. The van der Waals surface area contributed by atoms with Crippen LogP contribution in [0.4, 0.5) is 0 Å². The summed E-state index contributed by atoms with van der Waals surface area (Å²) in [5.41, 5.74) is 6.64. The molecule has 0 aliphatic heterocycles. The molecule has 3 rings (SSSR count). The van der Waals surface area contributed by atoms with E-state index in [1.807, 2.05) is 33.8 Å². The molecule has 0 aliphatic carbocycles. The van der Waals surface area contributed by atoms with Gasteiger partial charge in [-0.25, -0.2) is 9.97 Å². The Morgan fingerprint density at radius 1 is 0.967 bits per heavy atom. The maximum atomic E-state index is 12.9. The molecule has 4 heteroatoms. The van der Waals surface area contributed by atoms with Gasteiger partial charge in [-0.1, -0.05) is 65.0 Å². The molecule has 0 spiro atoms. The molecule has 0 bridgehead atoms. The topological polar surface area (TPSA) is 54.9 Å². The molecule has 0 saturated carbocycles. The van der Waals surface area contributed by atoms with Gasteiger partial charge in [0, 0.05) is 17.0 Å². The van der Waals surface area contributed by atoms with Gasteiger partial charge in [-0.05, 0) is 43.5 Å². The maximum Gasteiger partial charge on any atom is 0.155 e. The molecule has 0 radical (unpaired) electrons. The summed E-state index contributed by atoms with van der Waals surface area (Å²) >= 11 is 0. The highest BCUT2D eigenvalue weighted by Crippen LogP contribution is 2.25. The molecule has 1 atom stereocenters. The lowest BCUT2D eigenvalue weighted by Crippen LogP contribution is -2.47. The molecule has 0 fully saturated rings. The Morgan fingerprint density at radius 2 is 1.63 bits per heavy atom. The minimum Gasteiger partial charge on any atom is -0.305 e. The van der Waals surface area contributed by atoms with Gasteiger partial charge >= 0.3 is 0 Å². The standard InChI is InChI=1S/C26H33N3O/c1-16(2)27-23(25(30)26(5,6)7)15-19-9-11-20(12-10-19)24-18(4)28-22-14-17(3)8-13-21(22)29-24/h8-14,16,23,27H,15H2,1-7H3. The highest BCUT2D eigenvalue weighted by Gasteiger charge is 2.30. The number of Topliss-reactive ketones (excluding diaryl/α,β-unsaturated/α-hetero) is 1. The van der Waals surface area contributed by atoms with Gasteiger partial charge < -0.3 is 5.32 Å². The van der Waals surface area contributed by atoms with Crippen LogP contribution in [0.5, 0.6) is 0 Å². The summed E-state index contributed by atoms with van der Waals surface area (Å²) in [7, 11) is 0. The predicted octanol–water partition coefficient (Wildman–Crippen LogP) is 5.44. The van der Waals surface area contributed by atoms with Gasteiger partial charge in [-0.2, -0.15) is 0 Å². The number of aromatic nitrogens is 2. The Morgan fingerprint density at radius 3 is 2.23 bits per heavy atom. The molecule has 3 aromatic rings. The van der Waals surface area contributed by atoms with Crippen LogP contribution in [-0.4, -0.2) is 27.8 Å². The van der Waals surface area contributed by atoms with E-state index in [1.165, 1.54) is 5.56 Å². The van der Waals surface area contributed by atoms with E-state index in [-0.39, 0.29) is 23.3 Å². The van der Waals surface area contributed by atoms with Crippen molar-refractivity contribution >= 4 is 16.8 Å². The fourth-order valence-corrected chi connectivity index (χ4v) is 3.71. The SMILES string of the molecule is Cc1ccc2nc(-c3ccc(CC(NC(C)C)C(=O)C(C)(C)C)cc3)c(C)nc2c1. The smallest absolute Gasteiger partial charge is 0.155 e. The summed E-state index contributed by atoms with van der Waals surface area (Å²) in [4.78, 5) is 22.5. The molecular weight excluding hydrogens is 370 g/mol. The first kappa shape index (κ1) is 22.1. The lowest BCUT2D eigenvalue weighted by molar-refractivity contribution is -0.128. The third kappa shape index (κ3) is 5.11. The second kappa shape index (κ2) is 8.65. The van der Waals surface area contributed by atoms with Gasteiger partial charge in [-0.15, -0.1) is 0 Å². The number of hydrogen-bond acceptors (Lipinski definition) is 4. The van der Waals surface area contributed by atoms with Crippen LogP contribution < -0.4 is 5.32 Å². The zero-order chi connectivity index (χ0) is 22.1. The van der Waals surface area contributed by atoms with Crippen molar-refractivity contribution in [2.24, 2.45) is 5.41 Å². The number of nitrogens with one attached hydrogen (secondary N) is 1. The van der Waals surface area contributed by atoms with E-state index in [0.29, 0.717) is 6.42 Å². The summed E-state index contributed by atoms with van der Waals surface area (Å²) in [5, 5.41) is 3.44. The van der Waals surface area contributed by atoms with Crippen molar-refractivity contribution in [3.63, 3.8) is 0 Å². The lowest BCUT2D eigenvalue weighted by atomic mass is 9.84. The zero-order valence-electron chi connectivity index (χ0n) is 19.2. The average Bonchev–Trinajstić information content (AvgIpc) is 2.66. The third-order valence-electron chi connectivity index (χ3n) is 5.25. The van der Waals surface area contributed by atoms with Crippen molar-refractivity contribution in [1.29, 1.82) is 0 Å². The molecule has 1 unspecified atom stereocenters. The molecule has 1 heterocycles. The summed E-state index contributed by atoms with van der Waals surface area (Å²) in [6.45, 7) is 14.2. The molecular formula is C26H33N3O. The quantitative estimate of drug-likeness (QED) is 0.595. The average molecular weight is 404 g/mol. The fourth-order valence-electron chi connectivity index (χ4n) is 3.71. The first-order valence-electron chi connectivity index (χ1n) is 10.7. The predicted molar refractivity (Wildman–Crippen MR) is 125 cm³/mol. The largest absolute Gasteiger partial charge is 0.305 e. The molecule has 1 N–H and O–H groups in total. The Balaban J connectivity index is 1.87. The van der Waals surface area contributed by atoms with Crippen molar-refractivity contribution in [3.8, 4) is 11.3 Å².